The van der Waals surface area contributed by atoms with E-state index in [4.69, 9.17) is 4.74 Å². The molecule has 2 amide bonds. The molecular weight excluding hydrogens is 346 g/mol. The number of carbonyl (C=O) groups excluding carboxylic acids is 3. The molecule has 2 aromatic rings. The fraction of sp³-hybridized carbons (Fsp3) is 0.118. The van der Waals surface area contributed by atoms with Crippen molar-refractivity contribution in [1.82, 2.24) is 4.90 Å². The minimum absolute atomic E-state index is 0.108. The maximum Gasteiger partial charge on any atom is 0.343 e. The van der Waals surface area contributed by atoms with Gasteiger partial charge in [0.15, 0.2) is 9.84 Å². The third-order valence-electron chi connectivity index (χ3n) is 3.79. The molecule has 2 aromatic carbocycles. The van der Waals surface area contributed by atoms with E-state index < -0.39 is 27.6 Å². The Kier molecular flexibility index (Phi) is 3.92. The van der Waals surface area contributed by atoms with Gasteiger partial charge in [-0.3, -0.25) is 14.5 Å². The summed E-state index contributed by atoms with van der Waals surface area (Å²) in [6, 6.07) is 9.51. The van der Waals surface area contributed by atoms with Crippen LogP contribution >= 0.6 is 0 Å². The van der Waals surface area contributed by atoms with Crippen LogP contribution in [0, 0.1) is 0 Å². The molecule has 0 atom stereocenters. The Balaban J connectivity index is 1.83. The topological polar surface area (TPSA) is 97.8 Å². The van der Waals surface area contributed by atoms with Gasteiger partial charge in [0, 0.05) is 13.3 Å². The van der Waals surface area contributed by atoms with Gasteiger partial charge in [-0.2, -0.15) is 0 Å². The Morgan fingerprint density at radius 2 is 1.56 bits per heavy atom. The molecule has 0 radical (unpaired) electrons. The van der Waals surface area contributed by atoms with Crippen molar-refractivity contribution in [2.75, 3.05) is 13.3 Å². The number of carbonyl (C=O) groups is 3. The van der Waals surface area contributed by atoms with Crippen molar-refractivity contribution in [3.63, 3.8) is 0 Å². The summed E-state index contributed by atoms with van der Waals surface area (Å²) >= 11 is 0. The quantitative estimate of drug-likeness (QED) is 0.468. The van der Waals surface area contributed by atoms with Gasteiger partial charge in [-0.05, 0) is 42.5 Å². The SMILES string of the molecule is CN1C(=O)c2ccc(C(=O)Oc3ccc(S(C)(=O)=O)cc3)cc2C1=O. The lowest BCUT2D eigenvalue weighted by Crippen LogP contribution is -2.24. The number of sulfone groups is 1. The lowest BCUT2D eigenvalue weighted by molar-refractivity contribution is 0.0691. The molecule has 1 aliphatic heterocycles. The zero-order valence-electron chi connectivity index (χ0n) is 13.3. The summed E-state index contributed by atoms with van der Waals surface area (Å²) in [7, 11) is -1.97. The van der Waals surface area contributed by atoms with Gasteiger partial charge < -0.3 is 4.74 Å². The third kappa shape index (κ3) is 3.03. The molecular formula is C17H13NO6S. The molecule has 0 saturated carbocycles. The molecule has 0 bridgehead atoms. The number of fused-ring (bicyclic) bond motifs is 1. The second-order valence-corrected chi connectivity index (χ2v) is 7.58. The van der Waals surface area contributed by atoms with Gasteiger partial charge >= 0.3 is 5.97 Å². The summed E-state index contributed by atoms with van der Waals surface area (Å²) < 4.78 is 28.0. The Labute approximate surface area is 143 Å². The second kappa shape index (κ2) is 5.82. The van der Waals surface area contributed by atoms with Crippen molar-refractivity contribution in [1.29, 1.82) is 0 Å². The minimum Gasteiger partial charge on any atom is -0.423 e. The van der Waals surface area contributed by atoms with Crippen molar-refractivity contribution in [2.24, 2.45) is 0 Å². The molecule has 0 aromatic heterocycles. The molecule has 0 saturated heterocycles. The highest BCUT2D eigenvalue weighted by Crippen LogP contribution is 2.24. The van der Waals surface area contributed by atoms with Crippen molar-refractivity contribution in [3.05, 3.63) is 59.2 Å². The number of hydrogen-bond acceptors (Lipinski definition) is 6. The van der Waals surface area contributed by atoms with Crippen molar-refractivity contribution < 1.29 is 27.5 Å². The van der Waals surface area contributed by atoms with Crippen LogP contribution in [-0.2, 0) is 9.84 Å². The Morgan fingerprint density at radius 3 is 2.16 bits per heavy atom. The molecule has 25 heavy (non-hydrogen) atoms. The average molecular weight is 359 g/mol. The molecule has 128 valence electrons. The van der Waals surface area contributed by atoms with Crippen LogP contribution in [-0.4, -0.2) is 44.4 Å². The number of rotatable bonds is 3. The van der Waals surface area contributed by atoms with Crippen LogP contribution in [0.15, 0.2) is 47.4 Å². The van der Waals surface area contributed by atoms with Crippen LogP contribution in [0.4, 0.5) is 0 Å². The highest BCUT2D eigenvalue weighted by molar-refractivity contribution is 7.90. The molecule has 1 aliphatic rings. The van der Waals surface area contributed by atoms with E-state index in [1.165, 1.54) is 49.5 Å². The molecule has 7 nitrogen and oxygen atoms in total. The Bertz CT molecular complexity index is 1010. The standard InChI is InChI=1S/C17H13NO6S/c1-18-15(19)13-8-3-10(9-14(13)16(18)20)17(21)24-11-4-6-12(7-5-11)25(2,22)23/h3-9H,1-2H3. The first-order valence-electron chi connectivity index (χ1n) is 7.17. The van der Waals surface area contributed by atoms with E-state index in [9.17, 15) is 22.8 Å². The zero-order valence-corrected chi connectivity index (χ0v) is 14.2. The van der Waals surface area contributed by atoms with E-state index in [0.29, 0.717) is 0 Å². The number of imide groups is 1. The summed E-state index contributed by atoms with van der Waals surface area (Å²) in [5, 5.41) is 0. The zero-order chi connectivity index (χ0) is 18.4. The summed E-state index contributed by atoms with van der Waals surface area (Å²) in [5.41, 5.74) is 0.498. The van der Waals surface area contributed by atoms with Crippen LogP contribution < -0.4 is 4.74 Å². The first-order valence-corrected chi connectivity index (χ1v) is 9.06. The van der Waals surface area contributed by atoms with Gasteiger partial charge in [0.05, 0.1) is 21.6 Å². The normalized spacial score (nSPS) is 13.8. The number of ether oxygens (including phenoxy) is 1. The van der Waals surface area contributed by atoms with E-state index in [0.717, 1.165) is 11.2 Å². The Hall–Kier alpha value is -3.00. The van der Waals surface area contributed by atoms with E-state index in [1.807, 2.05) is 0 Å². The highest BCUT2D eigenvalue weighted by atomic mass is 32.2. The largest absolute Gasteiger partial charge is 0.423 e. The lowest BCUT2D eigenvalue weighted by Gasteiger charge is -2.06. The van der Waals surface area contributed by atoms with Crippen LogP contribution in [0.1, 0.15) is 31.1 Å². The molecule has 3 rings (SSSR count). The molecule has 0 aliphatic carbocycles. The molecule has 0 fully saturated rings. The predicted octanol–water partition coefficient (Wildman–Crippen LogP) is 1.54. The van der Waals surface area contributed by atoms with Gasteiger partial charge in [0.25, 0.3) is 11.8 Å². The monoisotopic (exact) mass is 359 g/mol. The summed E-state index contributed by atoms with van der Waals surface area (Å²) in [5.74, 6) is -1.45. The number of esters is 1. The molecule has 0 N–H and O–H groups in total. The Morgan fingerprint density at radius 1 is 0.960 bits per heavy atom. The molecule has 1 heterocycles. The number of hydrogen-bond donors (Lipinski definition) is 0. The first kappa shape index (κ1) is 16.8. The van der Waals surface area contributed by atoms with E-state index in [2.05, 4.69) is 0 Å². The minimum atomic E-state index is -3.34. The predicted molar refractivity (Wildman–Crippen MR) is 87.4 cm³/mol. The number of nitrogens with zero attached hydrogens (tertiary/aromatic N) is 1. The van der Waals surface area contributed by atoms with Gasteiger partial charge in [-0.15, -0.1) is 0 Å². The highest BCUT2D eigenvalue weighted by Gasteiger charge is 2.33. The van der Waals surface area contributed by atoms with E-state index in [-0.39, 0.29) is 27.3 Å². The fourth-order valence-corrected chi connectivity index (χ4v) is 3.04. The van der Waals surface area contributed by atoms with Crippen molar-refractivity contribution in [3.8, 4) is 5.75 Å². The molecule has 0 spiro atoms. The first-order chi connectivity index (χ1) is 11.7. The lowest BCUT2D eigenvalue weighted by atomic mass is 10.1. The van der Waals surface area contributed by atoms with Crippen LogP contribution in [0.2, 0.25) is 0 Å². The van der Waals surface area contributed by atoms with E-state index in [1.54, 1.807) is 0 Å². The van der Waals surface area contributed by atoms with Gasteiger partial charge in [0.2, 0.25) is 0 Å². The second-order valence-electron chi connectivity index (χ2n) is 5.56. The maximum absolute atomic E-state index is 12.2. The van der Waals surface area contributed by atoms with Crippen molar-refractivity contribution >= 4 is 27.6 Å². The summed E-state index contributed by atoms with van der Waals surface area (Å²) in [6.07, 6.45) is 1.08. The van der Waals surface area contributed by atoms with Crippen LogP contribution in [0.5, 0.6) is 5.75 Å². The summed E-state index contributed by atoms with van der Waals surface area (Å²) in [4.78, 5) is 37.1. The molecule has 8 heteroatoms. The number of amides is 2. The van der Waals surface area contributed by atoms with Crippen LogP contribution in [0.25, 0.3) is 0 Å². The van der Waals surface area contributed by atoms with Crippen LogP contribution in [0.3, 0.4) is 0 Å². The smallest absolute Gasteiger partial charge is 0.343 e. The fourth-order valence-electron chi connectivity index (χ4n) is 2.41. The third-order valence-corrected chi connectivity index (χ3v) is 4.92. The molecule has 0 unspecified atom stereocenters. The summed E-state index contributed by atoms with van der Waals surface area (Å²) in [6.45, 7) is 0. The van der Waals surface area contributed by atoms with Crippen molar-refractivity contribution in [2.45, 2.75) is 4.90 Å². The van der Waals surface area contributed by atoms with Gasteiger partial charge in [0.1, 0.15) is 5.75 Å². The maximum atomic E-state index is 12.2. The van der Waals surface area contributed by atoms with Gasteiger partial charge in [-0.25, -0.2) is 13.2 Å². The van der Waals surface area contributed by atoms with Gasteiger partial charge in [-0.1, -0.05) is 0 Å². The average Bonchev–Trinajstić information content (AvgIpc) is 2.79. The number of benzene rings is 2. The van der Waals surface area contributed by atoms with E-state index >= 15 is 0 Å².